The van der Waals surface area contributed by atoms with Gasteiger partial charge in [-0.3, -0.25) is 4.79 Å². The molecule has 2 N–H and O–H groups in total. The van der Waals surface area contributed by atoms with E-state index < -0.39 is 0 Å². The third-order valence-corrected chi connectivity index (χ3v) is 4.88. The Labute approximate surface area is 163 Å². The van der Waals surface area contributed by atoms with Gasteiger partial charge in [0.15, 0.2) is 0 Å². The highest BCUT2D eigenvalue weighted by atomic mass is 16.5. The van der Waals surface area contributed by atoms with Crippen molar-refractivity contribution in [3.63, 3.8) is 0 Å². The van der Waals surface area contributed by atoms with E-state index >= 15 is 0 Å². The zero-order valence-electron chi connectivity index (χ0n) is 15.8. The highest BCUT2D eigenvalue weighted by Crippen LogP contribution is 2.25. The average Bonchev–Trinajstić information content (AvgIpc) is 2.74. The average molecular weight is 377 g/mol. The van der Waals surface area contributed by atoms with E-state index in [4.69, 9.17) is 9.47 Å². The van der Waals surface area contributed by atoms with Crippen LogP contribution in [-0.2, 0) is 0 Å². The van der Waals surface area contributed by atoms with Crippen LogP contribution in [0.5, 0.6) is 11.5 Å². The Balaban J connectivity index is 1.49. The molecular weight excluding hydrogens is 354 g/mol. The first kappa shape index (κ1) is 18.3. The molecule has 2 aromatic carbocycles. The maximum Gasteiger partial charge on any atom is 0.256 e. The molecule has 0 bridgehead atoms. The van der Waals surface area contributed by atoms with Gasteiger partial charge in [0, 0.05) is 17.1 Å². The lowest BCUT2D eigenvalue weighted by atomic mass is 10.1. The van der Waals surface area contributed by atoms with Gasteiger partial charge in [0.05, 0.1) is 7.11 Å². The maximum absolute atomic E-state index is 12.5. The second-order valence-corrected chi connectivity index (χ2v) is 6.83. The Hall–Kier alpha value is -3.12. The molecular formula is C22H23N3O3. The van der Waals surface area contributed by atoms with E-state index in [0.717, 1.165) is 42.5 Å². The SMILES string of the molecule is COc1ccc(C(=O)Nc2cc3cc(OC4CCNCC4)ccc3cn2)cc1. The Kier molecular flexibility index (Phi) is 5.39. The third-order valence-electron chi connectivity index (χ3n) is 4.88. The number of nitrogens with zero attached hydrogens (tertiary/aromatic N) is 1. The van der Waals surface area contributed by atoms with Gasteiger partial charge in [0.2, 0.25) is 0 Å². The number of aromatic nitrogens is 1. The van der Waals surface area contributed by atoms with Crippen molar-refractivity contribution in [2.45, 2.75) is 18.9 Å². The van der Waals surface area contributed by atoms with Crippen LogP contribution < -0.4 is 20.1 Å². The maximum atomic E-state index is 12.5. The highest BCUT2D eigenvalue weighted by Gasteiger charge is 2.14. The minimum atomic E-state index is -0.211. The molecule has 6 heteroatoms. The Bertz CT molecular complexity index is 966. The Morgan fingerprint density at radius 2 is 1.79 bits per heavy atom. The summed E-state index contributed by atoms with van der Waals surface area (Å²) in [4.78, 5) is 16.8. The number of anilines is 1. The smallest absolute Gasteiger partial charge is 0.256 e. The highest BCUT2D eigenvalue weighted by molar-refractivity contribution is 6.04. The lowest BCUT2D eigenvalue weighted by molar-refractivity contribution is 0.102. The topological polar surface area (TPSA) is 72.5 Å². The predicted molar refractivity (Wildman–Crippen MR) is 109 cm³/mol. The zero-order chi connectivity index (χ0) is 19.3. The number of pyridine rings is 1. The Morgan fingerprint density at radius 3 is 2.54 bits per heavy atom. The van der Waals surface area contributed by atoms with Crippen molar-refractivity contribution < 1.29 is 14.3 Å². The fourth-order valence-electron chi connectivity index (χ4n) is 3.30. The number of carbonyl (C=O) groups excluding carboxylic acids is 1. The number of nitrogens with one attached hydrogen (secondary N) is 2. The molecule has 0 unspecified atom stereocenters. The van der Waals surface area contributed by atoms with Gasteiger partial charge in [0.25, 0.3) is 5.91 Å². The monoisotopic (exact) mass is 377 g/mol. The van der Waals surface area contributed by atoms with Crippen LogP contribution in [0.3, 0.4) is 0 Å². The van der Waals surface area contributed by atoms with E-state index in [2.05, 4.69) is 15.6 Å². The fourth-order valence-corrected chi connectivity index (χ4v) is 3.30. The summed E-state index contributed by atoms with van der Waals surface area (Å²) in [7, 11) is 1.59. The van der Waals surface area contributed by atoms with E-state index in [-0.39, 0.29) is 12.0 Å². The van der Waals surface area contributed by atoms with Crippen LogP contribution in [0.15, 0.2) is 54.7 Å². The minimum Gasteiger partial charge on any atom is -0.497 e. The molecule has 0 radical (unpaired) electrons. The normalized spacial score (nSPS) is 14.6. The lowest BCUT2D eigenvalue weighted by Gasteiger charge is -2.24. The largest absolute Gasteiger partial charge is 0.497 e. The van der Waals surface area contributed by atoms with E-state index in [1.807, 2.05) is 24.3 Å². The van der Waals surface area contributed by atoms with Gasteiger partial charge in [-0.05, 0) is 79.8 Å². The first-order valence-electron chi connectivity index (χ1n) is 9.44. The number of fused-ring (bicyclic) bond motifs is 1. The number of rotatable bonds is 5. The van der Waals surface area contributed by atoms with Crippen molar-refractivity contribution in [2.24, 2.45) is 0 Å². The lowest BCUT2D eigenvalue weighted by Crippen LogP contribution is -2.34. The second kappa shape index (κ2) is 8.27. The van der Waals surface area contributed by atoms with Crippen molar-refractivity contribution in [3.8, 4) is 11.5 Å². The fraction of sp³-hybridized carbons (Fsp3) is 0.273. The van der Waals surface area contributed by atoms with Crippen LogP contribution >= 0.6 is 0 Å². The summed E-state index contributed by atoms with van der Waals surface area (Å²) in [5, 5.41) is 8.17. The zero-order valence-corrected chi connectivity index (χ0v) is 15.8. The molecule has 3 aromatic rings. The van der Waals surface area contributed by atoms with E-state index in [0.29, 0.717) is 17.1 Å². The number of ether oxygens (including phenoxy) is 2. The van der Waals surface area contributed by atoms with Crippen LogP contribution in [0.4, 0.5) is 5.82 Å². The molecule has 1 aliphatic heterocycles. The molecule has 2 heterocycles. The summed E-state index contributed by atoms with van der Waals surface area (Å²) in [5.74, 6) is 1.85. The van der Waals surface area contributed by atoms with Gasteiger partial charge in [-0.1, -0.05) is 0 Å². The van der Waals surface area contributed by atoms with E-state index in [1.165, 1.54) is 0 Å². The van der Waals surface area contributed by atoms with Crippen molar-refractivity contribution in [1.82, 2.24) is 10.3 Å². The first-order chi connectivity index (χ1) is 13.7. The Morgan fingerprint density at radius 1 is 1.04 bits per heavy atom. The summed E-state index contributed by atoms with van der Waals surface area (Å²) in [6.45, 7) is 1.98. The number of methoxy groups -OCH3 is 1. The van der Waals surface area contributed by atoms with Gasteiger partial charge in [-0.25, -0.2) is 4.98 Å². The molecule has 0 saturated carbocycles. The molecule has 4 rings (SSSR count). The molecule has 1 aliphatic rings. The number of benzene rings is 2. The van der Waals surface area contributed by atoms with Gasteiger partial charge < -0.3 is 20.1 Å². The van der Waals surface area contributed by atoms with Crippen LogP contribution in [0.2, 0.25) is 0 Å². The number of piperidine rings is 1. The molecule has 1 amide bonds. The van der Waals surface area contributed by atoms with Crippen LogP contribution in [0.25, 0.3) is 10.8 Å². The molecule has 1 saturated heterocycles. The van der Waals surface area contributed by atoms with Gasteiger partial charge >= 0.3 is 0 Å². The predicted octanol–water partition coefficient (Wildman–Crippen LogP) is 3.63. The molecule has 0 atom stereocenters. The summed E-state index contributed by atoms with van der Waals surface area (Å²) in [6, 6.07) is 14.8. The second-order valence-electron chi connectivity index (χ2n) is 6.83. The van der Waals surface area contributed by atoms with E-state index in [1.54, 1.807) is 37.6 Å². The molecule has 0 spiro atoms. The van der Waals surface area contributed by atoms with Crippen molar-refractivity contribution in [1.29, 1.82) is 0 Å². The first-order valence-corrected chi connectivity index (χ1v) is 9.44. The summed E-state index contributed by atoms with van der Waals surface area (Å²) >= 11 is 0. The van der Waals surface area contributed by atoms with Crippen molar-refractivity contribution >= 4 is 22.5 Å². The standard InChI is InChI=1S/C22H23N3O3/c1-27-18-5-2-15(3-6-18)22(26)25-21-13-17-12-20(7-4-16(17)14-24-21)28-19-8-10-23-11-9-19/h2-7,12-14,19,23H,8-11H2,1H3,(H,24,25,26). The molecule has 28 heavy (non-hydrogen) atoms. The number of carbonyl (C=O) groups is 1. The summed E-state index contributed by atoms with van der Waals surface area (Å²) < 4.78 is 11.2. The van der Waals surface area contributed by atoms with Crippen LogP contribution in [-0.4, -0.2) is 37.2 Å². The number of hydrogen-bond acceptors (Lipinski definition) is 5. The van der Waals surface area contributed by atoms with Crippen LogP contribution in [0.1, 0.15) is 23.2 Å². The molecule has 144 valence electrons. The number of hydrogen-bond donors (Lipinski definition) is 2. The van der Waals surface area contributed by atoms with Crippen molar-refractivity contribution in [2.75, 3.05) is 25.5 Å². The molecule has 1 aromatic heterocycles. The third kappa shape index (κ3) is 4.23. The summed E-state index contributed by atoms with van der Waals surface area (Å²) in [6.07, 6.45) is 4.03. The molecule has 1 fully saturated rings. The van der Waals surface area contributed by atoms with Crippen molar-refractivity contribution in [3.05, 3.63) is 60.3 Å². The molecule has 6 nitrogen and oxygen atoms in total. The van der Waals surface area contributed by atoms with Gasteiger partial charge in [-0.2, -0.15) is 0 Å². The molecule has 0 aliphatic carbocycles. The minimum absolute atomic E-state index is 0.211. The summed E-state index contributed by atoms with van der Waals surface area (Å²) in [5.41, 5.74) is 0.547. The van der Waals surface area contributed by atoms with Gasteiger partial charge in [-0.15, -0.1) is 0 Å². The van der Waals surface area contributed by atoms with Crippen LogP contribution in [0, 0.1) is 0 Å². The number of amides is 1. The van der Waals surface area contributed by atoms with Gasteiger partial charge in [0.1, 0.15) is 23.4 Å². The quantitative estimate of drug-likeness (QED) is 0.710. The van der Waals surface area contributed by atoms with E-state index in [9.17, 15) is 4.79 Å².